The van der Waals surface area contributed by atoms with Gasteiger partial charge in [0.2, 0.25) is 5.13 Å². The Hall–Kier alpha value is -1.86. The van der Waals surface area contributed by atoms with E-state index in [1.165, 1.54) is 18.4 Å². The molecule has 0 saturated carbocycles. The average Bonchev–Trinajstić information content (AvgIpc) is 2.90. The third kappa shape index (κ3) is 4.56. The zero-order valence-electron chi connectivity index (χ0n) is 13.3. The SMILES string of the molecule is COc1cc(C(=O)Nc2nnc(C)s2)cc(Cl)c1OCC(C)C. The monoisotopic (exact) mass is 355 g/mol. The van der Waals surface area contributed by atoms with E-state index in [9.17, 15) is 4.79 Å². The lowest BCUT2D eigenvalue weighted by Gasteiger charge is -2.15. The second kappa shape index (κ2) is 7.61. The highest BCUT2D eigenvalue weighted by atomic mass is 35.5. The molecule has 2 rings (SSSR count). The van der Waals surface area contributed by atoms with Gasteiger partial charge in [0.05, 0.1) is 18.7 Å². The van der Waals surface area contributed by atoms with Gasteiger partial charge in [-0.3, -0.25) is 10.1 Å². The van der Waals surface area contributed by atoms with Crippen molar-refractivity contribution in [2.45, 2.75) is 20.8 Å². The number of carbonyl (C=O) groups excluding carboxylic acids is 1. The lowest BCUT2D eigenvalue weighted by atomic mass is 10.2. The number of rotatable bonds is 6. The fraction of sp³-hybridized carbons (Fsp3) is 0.400. The first kappa shape index (κ1) is 17.5. The molecule has 0 bridgehead atoms. The summed E-state index contributed by atoms with van der Waals surface area (Å²) in [4.78, 5) is 12.3. The number of ether oxygens (including phenoxy) is 2. The number of hydrogen-bond acceptors (Lipinski definition) is 6. The van der Waals surface area contributed by atoms with Gasteiger partial charge in [0, 0.05) is 5.56 Å². The Kier molecular flexibility index (Phi) is 5.79. The molecule has 6 nitrogen and oxygen atoms in total. The maximum atomic E-state index is 12.3. The second-order valence-corrected chi connectivity index (χ2v) is 6.86. The molecule has 124 valence electrons. The van der Waals surface area contributed by atoms with Crippen molar-refractivity contribution in [2.75, 3.05) is 19.0 Å². The number of benzene rings is 1. The molecule has 0 aliphatic rings. The zero-order chi connectivity index (χ0) is 17.0. The van der Waals surface area contributed by atoms with Gasteiger partial charge in [0.15, 0.2) is 11.5 Å². The van der Waals surface area contributed by atoms with Crippen LogP contribution in [0.5, 0.6) is 11.5 Å². The Morgan fingerprint density at radius 3 is 2.70 bits per heavy atom. The van der Waals surface area contributed by atoms with Crippen LogP contribution in [-0.2, 0) is 0 Å². The summed E-state index contributed by atoms with van der Waals surface area (Å²) in [5.74, 6) is 0.860. The smallest absolute Gasteiger partial charge is 0.257 e. The van der Waals surface area contributed by atoms with E-state index in [1.807, 2.05) is 20.8 Å². The highest BCUT2D eigenvalue weighted by Crippen LogP contribution is 2.37. The molecule has 0 aliphatic carbocycles. The van der Waals surface area contributed by atoms with Crippen molar-refractivity contribution in [1.82, 2.24) is 10.2 Å². The van der Waals surface area contributed by atoms with Crippen molar-refractivity contribution >= 4 is 34.0 Å². The van der Waals surface area contributed by atoms with Crippen LogP contribution in [-0.4, -0.2) is 29.8 Å². The molecule has 1 heterocycles. The van der Waals surface area contributed by atoms with Crippen molar-refractivity contribution in [3.05, 3.63) is 27.7 Å². The van der Waals surface area contributed by atoms with E-state index in [2.05, 4.69) is 15.5 Å². The molecule has 2 aromatic rings. The summed E-state index contributed by atoms with van der Waals surface area (Å²) in [6.07, 6.45) is 0. The summed E-state index contributed by atoms with van der Waals surface area (Å²) in [6.45, 7) is 6.39. The van der Waals surface area contributed by atoms with Gasteiger partial charge in [0.25, 0.3) is 5.91 Å². The first-order chi connectivity index (χ1) is 10.9. The molecule has 23 heavy (non-hydrogen) atoms. The van der Waals surface area contributed by atoms with Gasteiger partial charge in [-0.25, -0.2) is 0 Å². The summed E-state index contributed by atoms with van der Waals surface area (Å²) >= 11 is 7.53. The van der Waals surface area contributed by atoms with Crippen LogP contribution >= 0.6 is 22.9 Å². The van der Waals surface area contributed by atoms with Crippen LogP contribution in [0.3, 0.4) is 0 Å². The van der Waals surface area contributed by atoms with Gasteiger partial charge >= 0.3 is 0 Å². The first-order valence-electron chi connectivity index (χ1n) is 7.02. The molecule has 0 saturated heterocycles. The summed E-state index contributed by atoms with van der Waals surface area (Å²) in [5.41, 5.74) is 0.358. The molecule has 0 atom stereocenters. The van der Waals surface area contributed by atoms with Gasteiger partial charge in [-0.05, 0) is 25.0 Å². The number of nitrogens with zero attached hydrogens (tertiary/aromatic N) is 2. The van der Waals surface area contributed by atoms with E-state index in [0.29, 0.717) is 39.7 Å². The predicted molar refractivity (Wildman–Crippen MR) is 90.9 cm³/mol. The summed E-state index contributed by atoms with van der Waals surface area (Å²) in [7, 11) is 1.50. The normalized spacial score (nSPS) is 10.7. The van der Waals surface area contributed by atoms with Crippen molar-refractivity contribution in [3.63, 3.8) is 0 Å². The van der Waals surface area contributed by atoms with Crippen LogP contribution in [0.1, 0.15) is 29.2 Å². The second-order valence-electron chi connectivity index (χ2n) is 5.27. The summed E-state index contributed by atoms with van der Waals surface area (Å²) in [5, 5.41) is 11.9. The zero-order valence-corrected chi connectivity index (χ0v) is 14.9. The molecule has 0 unspecified atom stereocenters. The molecule has 1 amide bonds. The van der Waals surface area contributed by atoms with Gasteiger partial charge in [-0.15, -0.1) is 10.2 Å². The van der Waals surface area contributed by atoms with Crippen molar-refractivity contribution in [3.8, 4) is 11.5 Å². The van der Waals surface area contributed by atoms with E-state index >= 15 is 0 Å². The number of hydrogen-bond donors (Lipinski definition) is 1. The van der Waals surface area contributed by atoms with Crippen LogP contribution in [0.15, 0.2) is 12.1 Å². The van der Waals surface area contributed by atoms with Crippen LogP contribution in [0.4, 0.5) is 5.13 Å². The number of carbonyl (C=O) groups is 1. The van der Waals surface area contributed by atoms with Crippen LogP contribution in [0, 0.1) is 12.8 Å². The van der Waals surface area contributed by atoms with Gasteiger partial charge < -0.3 is 9.47 Å². The fourth-order valence-electron chi connectivity index (χ4n) is 1.76. The number of nitrogens with one attached hydrogen (secondary N) is 1. The minimum Gasteiger partial charge on any atom is -0.493 e. The Labute approximate surface area is 143 Å². The standard InChI is InChI=1S/C15H18ClN3O3S/c1-8(2)7-22-13-11(16)5-10(6-12(13)21-4)14(20)17-15-19-18-9(3)23-15/h5-6,8H,7H2,1-4H3,(H,17,19,20). The number of aromatic nitrogens is 2. The minimum atomic E-state index is -0.336. The maximum absolute atomic E-state index is 12.3. The molecular weight excluding hydrogens is 338 g/mol. The highest BCUT2D eigenvalue weighted by Gasteiger charge is 2.17. The quantitative estimate of drug-likeness (QED) is 0.853. The summed E-state index contributed by atoms with van der Waals surface area (Å²) in [6, 6.07) is 3.13. The lowest BCUT2D eigenvalue weighted by Crippen LogP contribution is -2.13. The van der Waals surface area contributed by atoms with Gasteiger partial charge in [-0.2, -0.15) is 0 Å². The molecule has 1 N–H and O–H groups in total. The van der Waals surface area contributed by atoms with Crippen LogP contribution < -0.4 is 14.8 Å². The van der Waals surface area contributed by atoms with E-state index in [-0.39, 0.29) is 5.91 Å². The van der Waals surface area contributed by atoms with Crippen molar-refractivity contribution in [2.24, 2.45) is 5.92 Å². The van der Waals surface area contributed by atoms with Crippen molar-refractivity contribution < 1.29 is 14.3 Å². The molecule has 0 aliphatic heterocycles. The first-order valence-corrected chi connectivity index (χ1v) is 8.22. The predicted octanol–water partition coefficient (Wildman–Crippen LogP) is 3.80. The Bertz CT molecular complexity index is 703. The average molecular weight is 356 g/mol. The van der Waals surface area contributed by atoms with Crippen molar-refractivity contribution in [1.29, 1.82) is 0 Å². The molecule has 0 spiro atoms. The molecule has 8 heteroatoms. The largest absolute Gasteiger partial charge is 0.493 e. The molecule has 1 aromatic carbocycles. The van der Waals surface area contributed by atoms with E-state index in [0.717, 1.165) is 5.01 Å². The Balaban J connectivity index is 2.22. The molecule has 0 radical (unpaired) electrons. The molecule has 1 aromatic heterocycles. The van der Waals surface area contributed by atoms with E-state index in [4.69, 9.17) is 21.1 Å². The number of halogens is 1. The highest BCUT2D eigenvalue weighted by molar-refractivity contribution is 7.15. The number of aryl methyl sites for hydroxylation is 1. The van der Waals surface area contributed by atoms with Crippen LogP contribution in [0.25, 0.3) is 0 Å². The number of methoxy groups -OCH3 is 1. The Morgan fingerprint density at radius 1 is 1.39 bits per heavy atom. The maximum Gasteiger partial charge on any atom is 0.257 e. The molecular formula is C15H18ClN3O3S. The van der Waals surface area contributed by atoms with Crippen LogP contribution in [0.2, 0.25) is 5.02 Å². The minimum absolute atomic E-state index is 0.323. The topological polar surface area (TPSA) is 73.3 Å². The van der Waals surface area contributed by atoms with Gasteiger partial charge in [-0.1, -0.05) is 36.8 Å². The number of anilines is 1. The number of amides is 1. The third-order valence-corrected chi connectivity index (χ3v) is 3.83. The van der Waals surface area contributed by atoms with E-state index < -0.39 is 0 Å². The third-order valence-electron chi connectivity index (χ3n) is 2.80. The Morgan fingerprint density at radius 2 is 2.13 bits per heavy atom. The fourth-order valence-corrected chi connectivity index (χ4v) is 2.61. The summed E-state index contributed by atoms with van der Waals surface area (Å²) < 4.78 is 11.0. The molecule has 0 fully saturated rings. The lowest BCUT2D eigenvalue weighted by molar-refractivity contribution is 0.102. The van der Waals surface area contributed by atoms with Gasteiger partial charge in [0.1, 0.15) is 5.01 Å². The van der Waals surface area contributed by atoms with E-state index in [1.54, 1.807) is 12.1 Å².